The summed E-state index contributed by atoms with van der Waals surface area (Å²) in [7, 11) is 0. The Labute approximate surface area is 238 Å². The first-order valence-electron chi connectivity index (χ1n) is 14.0. The van der Waals surface area contributed by atoms with Crippen LogP contribution in [-0.4, -0.2) is 55.9 Å². The molecule has 0 aliphatic heterocycles. The van der Waals surface area contributed by atoms with E-state index in [0.29, 0.717) is 49.4 Å². The van der Waals surface area contributed by atoms with Crippen molar-refractivity contribution < 1.29 is 33.7 Å². The number of esters is 2. The van der Waals surface area contributed by atoms with Crippen molar-refractivity contribution >= 4 is 17.9 Å². The molecule has 0 bridgehead atoms. The minimum absolute atomic E-state index is 0.0972. The van der Waals surface area contributed by atoms with Crippen molar-refractivity contribution in [1.29, 1.82) is 0 Å². The third-order valence-corrected chi connectivity index (χ3v) is 6.61. The highest BCUT2D eigenvalue weighted by Crippen LogP contribution is 2.40. The van der Waals surface area contributed by atoms with Crippen LogP contribution in [0.4, 0.5) is 0 Å². The number of carboxylic acids is 1. The molecule has 40 heavy (non-hydrogen) atoms. The Hall–Kier alpha value is -3.49. The van der Waals surface area contributed by atoms with E-state index in [1.807, 2.05) is 26.8 Å². The molecule has 0 saturated heterocycles. The van der Waals surface area contributed by atoms with Crippen LogP contribution >= 0.6 is 0 Å². The van der Waals surface area contributed by atoms with Crippen molar-refractivity contribution in [1.82, 2.24) is 10.6 Å². The number of carbonyl (C=O) groups is 3. The molecule has 0 aromatic carbocycles. The van der Waals surface area contributed by atoms with Gasteiger partial charge < -0.3 is 30.0 Å². The smallest absolute Gasteiger partial charge is 0.345 e. The lowest BCUT2D eigenvalue weighted by Crippen LogP contribution is -2.33. The lowest BCUT2D eigenvalue weighted by atomic mass is 9.75. The van der Waals surface area contributed by atoms with Crippen molar-refractivity contribution in [3.63, 3.8) is 0 Å². The number of ether oxygens (including phenoxy) is 3. The van der Waals surface area contributed by atoms with Gasteiger partial charge in [0, 0.05) is 24.5 Å². The number of carbonyl (C=O) groups excluding carboxylic acids is 2. The highest BCUT2D eigenvalue weighted by atomic mass is 16.5. The second-order valence-electron chi connectivity index (χ2n) is 11.6. The van der Waals surface area contributed by atoms with Gasteiger partial charge in [0.25, 0.3) is 0 Å². The van der Waals surface area contributed by atoms with Gasteiger partial charge in [0.15, 0.2) is 0 Å². The highest BCUT2D eigenvalue weighted by molar-refractivity contribution is 6.14. The minimum atomic E-state index is -1.28. The normalized spacial score (nSPS) is 20.3. The van der Waals surface area contributed by atoms with Crippen LogP contribution in [0.3, 0.4) is 0 Å². The summed E-state index contributed by atoms with van der Waals surface area (Å²) in [5.41, 5.74) is 2.89. The molecule has 2 aliphatic rings. The highest BCUT2D eigenvalue weighted by Gasteiger charge is 2.33. The molecule has 9 nitrogen and oxygen atoms in total. The van der Waals surface area contributed by atoms with Crippen molar-refractivity contribution in [2.24, 2.45) is 10.8 Å². The fourth-order valence-corrected chi connectivity index (χ4v) is 5.24. The maximum Gasteiger partial charge on any atom is 0.345 e. The molecule has 3 N–H and O–H groups in total. The molecule has 0 radical (unpaired) electrons. The number of nitrogens with one attached hydrogen (secondary N) is 2. The van der Waals surface area contributed by atoms with Crippen LogP contribution in [0.15, 0.2) is 58.2 Å². The molecule has 9 heteroatoms. The summed E-state index contributed by atoms with van der Waals surface area (Å²) in [5, 5.41) is 16.6. The second kappa shape index (κ2) is 14.2. The number of carboxylic acid groups (broad SMARTS) is 1. The Morgan fingerprint density at radius 2 is 1.15 bits per heavy atom. The van der Waals surface area contributed by atoms with Gasteiger partial charge in [-0.3, -0.25) is 0 Å². The molecule has 0 atom stereocenters. The maximum absolute atomic E-state index is 12.8. The zero-order chi connectivity index (χ0) is 30.1. The molecule has 0 amide bonds. The Kier molecular flexibility index (Phi) is 11.6. The summed E-state index contributed by atoms with van der Waals surface area (Å²) in [4.78, 5) is 37.0. The van der Waals surface area contributed by atoms with Crippen LogP contribution in [0, 0.1) is 10.8 Å². The van der Waals surface area contributed by atoms with Gasteiger partial charge in [0.05, 0.1) is 19.8 Å². The molecule has 0 unspecified atom stereocenters. The third-order valence-electron chi connectivity index (χ3n) is 6.61. The first-order valence-corrected chi connectivity index (χ1v) is 14.0. The predicted molar refractivity (Wildman–Crippen MR) is 154 cm³/mol. The van der Waals surface area contributed by atoms with Crippen molar-refractivity contribution in [3.8, 4) is 0 Å². The molecule has 2 aliphatic carbocycles. The zero-order valence-corrected chi connectivity index (χ0v) is 25.1. The van der Waals surface area contributed by atoms with E-state index in [4.69, 9.17) is 14.2 Å². The van der Waals surface area contributed by atoms with Crippen LogP contribution in [0.25, 0.3) is 0 Å². The van der Waals surface area contributed by atoms with Crippen LogP contribution in [0.5, 0.6) is 0 Å². The van der Waals surface area contributed by atoms with Crippen molar-refractivity contribution in [2.75, 3.05) is 32.9 Å². The molecule has 2 rings (SSSR count). The monoisotopic (exact) mass is 558 g/mol. The van der Waals surface area contributed by atoms with E-state index in [2.05, 4.69) is 31.1 Å². The Morgan fingerprint density at radius 3 is 1.55 bits per heavy atom. The molecule has 0 spiro atoms. The molecular weight excluding hydrogens is 512 g/mol. The summed E-state index contributed by atoms with van der Waals surface area (Å²) < 4.78 is 15.9. The van der Waals surface area contributed by atoms with Gasteiger partial charge in [0.1, 0.15) is 16.9 Å². The lowest BCUT2D eigenvalue weighted by molar-refractivity contribution is -0.144. The van der Waals surface area contributed by atoms with Crippen LogP contribution in [-0.2, 0) is 28.6 Å². The van der Waals surface area contributed by atoms with Gasteiger partial charge in [0.2, 0.25) is 0 Å². The fraction of sp³-hybridized carbons (Fsp3) is 0.581. The van der Waals surface area contributed by atoms with E-state index >= 15 is 0 Å². The molecule has 0 aromatic heterocycles. The third kappa shape index (κ3) is 9.31. The molecule has 0 saturated carbocycles. The van der Waals surface area contributed by atoms with E-state index in [9.17, 15) is 19.5 Å². The topological polar surface area (TPSA) is 123 Å². The molecule has 0 aromatic rings. The van der Waals surface area contributed by atoms with Crippen LogP contribution in [0.1, 0.15) is 74.1 Å². The van der Waals surface area contributed by atoms with E-state index < -0.39 is 17.9 Å². The summed E-state index contributed by atoms with van der Waals surface area (Å²) in [6.45, 7) is 19.6. The van der Waals surface area contributed by atoms with Gasteiger partial charge in [-0.2, -0.15) is 0 Å². The Balaban J connectivity index is 2.23. The first-order chi connectivity index (χ1) is 18.7. The number of rotatable bonds is 13. The number of allylic oxidation sites excluding steroid dienone is 6. The SMILES string of the molecule is C=C(OCC)/C(C(=O)OCC)=C1/C=C(NCCNC2=C/C(=C(\C(=O)O)C(=O)OCC)CC(C)(C)C2)CC(C)(C)C1. The van der Waals surface area contributed by atoms with Gasteiger partial charge in [-0.1, -0.05) is 34.3 Å². The molecule has 0 heterocycles. The van der Waals surface area contributed by atoms with Crippen molar-refractivity contribution in [3.05, 3.63) is 58.2 Å². The lowest BCUT2D eigenvalue weighted by Gasteiger charge is -2.33. The molecular formula is C31H46N2O7. The Morgan fingerprint density at radius 1 is 0.750 bits per heavy atom. The van der Waals surface area contributed by atoms with E-state index in [0.717, 1.165) is 29.8 Å². The second-order valence-corrected chi connectivity index (χ2v) is 11.6. The summed E-state index contributed by atoms with van der Waals surface area (Å²) in [6, 6.07) is 0. The van der Waals surface area contributed by atoms with Gasteiger partial charge in [-0.05, 0) is 80.6 Å². The quantitative estimate of drug-likeness (QED) is 0.0721. The first kappa shape index (κ1) is 32.7. The molecule has 0 fully saturated rings. The van der Waals surface area contributed by atoms with Gasteiger partial charge >= 0.3 is 17.9 Å². The standard InChI is InChI=1S/C31H46N2O7/c1-9-38-20(4)25(28(36)39-10-2)21-14-23(18-30(5,6)16-21)32-12-13-33-24-15-22(17-31(7,8)19-24)26(27(34)35)29(37)40-11-3/h14-15,32-33H,4,9-13,16-19H2,1-3,5-8H3,(H,34,35)/b25-21+,26-22-. The van der Waals surface area contributed by atoms with Gasteiger partial charge in [-0.25, -0.2) is 14.4 Å². The van der Waals surface area contributed by atoms with Crippen LogP contribution in [0.2, 0.25) is 0 Å². The Bertz CT molecular complexity index is 1100. The number of hydrogen-bond donors (Lipinski definition) is 3. The maximum atomic E-state index is 12.8. The van der Waals surface area contributed by atoms with E-state index in [1.54, 1.807) is 19.9 Å². The number of aliphatic carboxylic acids is 1. The fourth-order valence-electron chi connectivity index (χ4n) is 5.24. The number of hydrogen-bond acceptors (Lipinski definition) is 8. The average molecular weight is 559 g/mol. The van der Waals surface area contributed by atoms with Crippen LogP contribution < -0.4 is 10.6 Å². The average Bonchev–Trinajstić information content (AvgIpc) is 2.80. The summed E-state index contributed by atoms with van der Waals surface area (Å²) >= 11 is 0. The minimum Gasteiger partial charge on any atom is -0.494 e. The van der Waals surface area contributed by atoms with Crippen molar-refractivity contribution in [2.45, 2.75) is 74.1 Å². The largest absolute Gasteiger partial charge is 0.494 e. The summed E-state index contributed by atoms with van der Waals surface area (Å²) in [6.07, 6.45) is 6.42. The van der Waals surface area contributed by atoms with E-state index in [-0.39, 0.29) is 29.6 Å². The summed E-state index contributed by atoms with van der Waals surface area (Å²) in [5.74, 6) is -2.23. The van der Waals surface area contributed by atoms with Gasteiger partial charge in [-0.15, -0.1) is 0 Å². The van der Waals surface area contributed by atoms with E-state index in [1.165, 1.54) is 0 Å². The predicted octanol–water partition coefficient (Wildman–Crippen LogP) is 4.93. The molecule has 222 valence electrons. The zero-order valence-electron chi connectivity index (χ0n) is 25.1.